The molecule has 0 radical (unpaired) electrons. The van der Waals surface area contributed by atoms with Gasteiger partial charge in [0.1, 0.15) is 19.8 Å². The monoisotopic (exact) mass is 466 g/mol. The number of carbonyl (C=O) groups excluding carboxylic acids is 1. The van der Waals surface area contributed by atoms with Crippen molar-refractivity contribution in [2.24, 2.45) is 0 Å². The van der Waals surface area contributed by atoms with Gasteiger partial charge in [0.15, 0.2) is 11.5 Å². The lowest BCUT2D eigenvalue weighted by Gasteiger charge is -2.25. The second-order valence-corrected chi connectivity index (χ2v) is 9.71. The summed E-state index contributed by atoms with van der Waals surface area (Å²) in [6.07, 6.45) is 0. The van der Waals surface area contributed by atoms with Gasteiger partial charge in [-0.1, -0.05) is 42.0 Å². The molecule has 1 heterocycles. The summed E-state index contributed by atoms with van der Waals surface area (Å²) >= 11 is 0. The quantitative estimate of drug-likeness (QED) is 0.572. The minimum Gasteiger partial charge on any atom is -0.486 e. The van der Waals surface area contributed by atoms with E-state index < -0.39 is 15.9 Å². The Bertz CT molecular complexity index is 1230. The van der Waals surface area contributed by atoms with E-state index in [9.17, 15) is 13.2 Å². The number of nitrogens with zero attached hydrogens (tertiary/aromatic N) is 1. The number of fused-ring (bicyclic) bond motifs is 1. The number of sulfonamides is 1. The summed E-state index contributed by atoms with van der Waals surface area (Å²) in [5.74, 6) is 0.882. The topological polar surface area (TPSA) is 84.9 Å². The smallest absolute Gasteiger partial charge is 0.264 e. The van der Waals surface area contributed by atoms with Crippen molar-refractivity contribution in [1.29, 1.82) is 0 Å². The Balaban J connectivity index is 1.55. The van der Waals surface area contributed by atoms with Crippen molar-refractivity contribution in [2.75, 3.05) is 24.1 Å². The first-order chi connectivity index (χ1) is 15.8. The fourth-order valence-corrected chi connectivity index (χ4v) is 5.00. The third-order valence-corrected chi connectivity index (χ3v) is 7.17. The molecule has 7 nitrogen and oxygen atoms in total. The van der Waals surface area contributed by atoms with Crippen molar-refractivity contribution in [3.63, 3.8) is 0 Å². The van der Waals surface area contributed by atoms with Crippen LogP contribution in [0.5, 0.6) is 11.5 Å². The van der Waals surface area contributed by atoms with Crippen LogP contribution in [0.2, 0.25) is 0 Å². The number of nitrogens with one attached hydrogen (secondary N) is 1. The molecule has 1 N–H and O–H groups in total. The van der Waals surface area contributed by atoms with Gasteiger partial charge in [-0.3, -0.25) is 9.10 Å². The number of rotatable bonds is 7. The normalized spacial score (nSPS) is 13.8. The van der Waals surface area contributed by atoms with Crippen molar-refractivity contribution in [3.05, 3.63) is 83.9 Å². The van der Waals surface area contributed by atoms with Crippen LogP contribution in [0.1, 0.15) is 24.1 Å². The zero-order valence-corrected chi connectivity index (χ0v) is 19.3. The fraction of sp³-hybridized carbons (Fsp3) is 0.240. The maximum atomic E-state index is 13.4. The first-order valence-electron chi connectivity index (χ1n) is 10.7. The van der Waals surface area contributed by atoms with E-state index in [4.69, 9.17) is 9.47 Å². The molecule has 33 heavy (non-hydrogen) atoms. The number of benzene rings is 3. The van der Waals surface area contributed by atoms with E-state index in [1.54, 1.807) is 54.6 Å². The second kappa shape index (κ2) is 9.54. The highest BCUT2D eigenvalue weighted by Gasteiger charge is 2.27. The highest BCUT2D eigenvalue weighted by atomic mass is 32.2. The van der Waals surface area contributed by atoms with Crippen LogP contribution in [-0.4, -0.2) is 34.1 Å². The Kier molecular flexibility index (Phi) is 6.55. The summed E-state index contributed by atoms with van der Waals surface area (Å²) in [4.78, 5) is 13.1. The number of anilines is 1. The van der Waals surface area contributed by atoms with Gasteiger partial charge in [0, 0.05) is 0 Å². The van der Waals surface area contributed by atoms with Gasteiger partial charge < -0.3 is 14.8 Å². The molecule has 1 unspecified atom stereocenters. The molecule has 0 bridgehead atoms. The number of para-hydroxylation sites is 1. The Labute approximate surface area is 194 Å². The van der Waals surface area contributed by atoms with Crippen LogP contribution in [0, 0.1) is 6.92 Å². The summed E-state index contributed by atoms with van der Waals surface area (Å²) in [5.41, 5.74) is 2.20. The minimum atomic E-state index is -3.94. The highest BCUT2D eigenvalue weighted by molar-refractivity contribution is 7.92. The van der Waals surface area contributed by atoms with Gasteiger partial charge in [-0.05, 0) is 55.8 Å². The van der Waals surface area contributed by atoms with Gasteiger partial charge in [-0.15, -0.1) is 0 Å². The van der Waals surface area contributed by atoms with Crippen LogP contribution in [0.25, 0.3) is 0 Å². The van der Waals surface area contributed by atoms with Crippen molar-refractivity contribution in [1.82, 2.24) is 5.32 Å². The Morgan fingerprint density at radius 1 is 0.970 bits per heavy atom. The summed E-state index contributed by atoms with van der Waals surface area (Å²) in [6, 6.07) is 20.3. The molecule has 1 aliphatic heterocycles. The predicted molar refractivity (Wildman–Crippen MR) is 126 cm³/mol. The molecule has 3 aromatic rings. The summed E-state index contributed by atoms with van der Waals surface area (Å²) in [6.45, 7) is 4.35. The van der Waals surface area contributed by atoms with Crippen LogP contribution in [0.3, 0.4) is 0 Å². The molecule has 8 heteroatoms. The number of ether oxygens (including phenoxy) is 2. The van der Waals surface area contributed by atoms with Gasteiger partial charge >= 0.3 is 0 Å². The van der Waals surface area contributed by atoms with Crippen LogP contribution in [-0.2, 0) is 14.8 Å². The second-order valence-electron chi connectivity index (χ2n) is 7.85. The van der Waals surface area contributed by atoms with E-state index in [1.165, 1.54) is 0 Å². The number of hydrogen-bond acceptors (Lipinski definition) is 5. The average Bonchev–Trinajstić information content (AvgIpc) is 2.83. The number of hydrogen-bond donors (Lipinski definition) is 1. The van der Waals surface area contributed by atoms with E-state index in [1.807, 2.05) is 32.0 Å². The van der Waals surface area contributed by atoms with E-state index in [0.717, 1.165) is 15.4 Å². The van der Waals surface area contributed by atoms with E-state index in [0.29, 0.717) is 30.4 Å². The molecule has 0 spiro atoms. The van der Waals surface area contributed by atoms with Crippen LogP contribution < -0.4 is 19.1 Å². The molecule has 1 aliphatic rings. The first kappa shape index (κ1) is 22.7. The van der Waals surface area contributed by atoms with Gasteiger partial charge in [0.25, 0.3) is 10.0 Å². The minimum absolute atomic E-state index is 0.129. The summed E-state index contributed by atoms with van der Waals surface area (Å²) in [5, 5.41) is 2.89. The molecular formula is C25H26N2O5S. The molecule has 1 amide bonds. The number of carbonyl (C=O) groups is 1. The standard InChI is InChI=1S/C25H26N2O5S/c1-18-8-11-22(12-9-18)33(29,30)27(21-6-4-3-5-7-21)17-25(28)26-19(2)20-10-13-23-24(16-20)32-15-14-31-23/h3-13,16,19H,14-15,17H2,1-2H3,(H,26,28). The van der Waals surface area contributed by atoms with Crippen LogP contribution in [0.15, 0.2) is 77.7 Å². The van der Waals surface area contributed by atoms with Gasteiger partial charge in [-0.25, -0.2) is 8.42 Å². The molecule has 172 valence electrons. The Morgan fingerprint density at radius 3 is 2.33 bits per heavy atom. The zero-order chi connectivity index (χ0) is 23.4. The molecule has 3 aromatic carbocycles. The molecule has 0 aromatic heterocycles. The Hall–Kier alpha value is -3.52. The third-order valence-electron chi connectivity index (χ3n) is 5.38. The van der Waals surface area contributed by atoms with Gasteiger partial charge in [-0.2, -0.15) is 0 Å². The maximum absolute atomic E-state index is 13.4. The lowest BCUT2D eigenvalue weighted by Crippen LogP contribution is -2.41. The molecule has 0 fully saturated rings. The molecule has 1 atom stereocenters. The van der Waals surface area contributed by atoms with Crippen LogP contribution in [0.4, 0.5) is 5.69 Å². The van der Waals surface area contributed by atoms with Crippen molar-refractivity contribution >= 4 is 21.6 Å². The SMILES string of the molecule is Cc1ccc(S(=O)(=O)N(CC(=O)NC(C)c2ccc3c(c2)OCCO3)c2ccccc2)cc1. The van der Waals surface area contributed by atoms with E-state index in [-0.39, 0.29) is 17.5 Å². The molecule has 0 saturated heterocycles. The van der Waals surface area contributed by atoms with Crippen molar-refractivity contribution in [3.8, 4) is 11.5 Å². The maximum Gasteiger partial charge on any atom is 0.264 e. The number of amides is 1. The third kappa shape index (κ3) is 5.12. The number of aryl methyl sites for hydroxylation is 1. The molecular weight excluding hydrogens is 440 g/mol. The summed E-state index contributed by atoms with van der Waals surface area (Å²) < 4.78 is 39.1. The van der Waals surface area contributed by atoms with Crippen molar-refractivity contribution < 1.29 is 22.7 Å². The fourth-order valence-electron chi connectivity index (χ4n) is 3.58. The average molecular weight is 467 g/mol. The van der Waals surface area contributed by atoms with Crippen molar-refractivity contribution in [2.45, 2.75) is 24.8 Å². The lowest BCUT2D eigenvalue weighted by atomic mass is 10.1. The lowest BCUT2D eigenvalue weighted by molar-refractivity contribution is -0.120. The van der Waals surface area contributed by atoms with Gasteiger partial charge in [0.05, 0.1) is 16.6 Å². The predicted octanol–water partition coefficient (Wildman–Crippen LogP) is 3.84. The largest absolute Gasteiger partial charge is 0.486 e. The zero-order valence-electron chi connectivity index (χ0n) is 18.5. The first-order valence-corrected chi connectivity index (χ1v) is 12.1. The van der Waals surface area contributed by atoms with Crippen LogP contribution >= 0.6 is 0 Å². The van der Waals surface area contributed by atoms with Gasteiger partial charge in [0.2, 0.25) is 5.91 Å². The molecule has 0 saturated carbocycles. The highest BCUT2D eigenvalue weighted by Crippen LogP contribution is 2.32. The van der Waals surface area contributed by atoms with E-state index in [2.05, 4.69) is 5.32 Å². The Morgan fingerprint density at radius 2 is 1.64 bits per heavy atom. The molecule has 4 rings (SSSR count). The van der Waals surface area contributed by atoms with E-state index >= 15 is 0 Å². The molecule has 0 aliphatic carbocycles. The summed E-state index contributed by atoms with van der Waals surface area (Å²) in [7, 11) is -3.94.